The average Bonchev–Trinajstić information content (AvgIpc) is 3.27. The third-order valence-electron chi connectivity index (χ3n) is 6.59. The van der Waals surface area contributed by atoms with Gasteiger partial charge in [-0.3, -0.25) is 14.5 Å². The van der Waals surface area contributed by atoms with Crippen molar-refractivity contribution in [3.63, 3.8) is 0 Å². The highest BCUT2D eigenvalue weighted by Crippen LogP contribution is 2.32. The molecule has 0 unspecified atom stereocenters. The molecule has 2 aliphatic rings. The topological polar surface area (TPSA) is 52.7 Å². The largest absolute Gasteiger partial charge is 0.416 e. The number of nitrogens with zero attached hydrogens (tertiary/aromatic N) is 2. The summed E-state index contributed by atoms with van der Waals surface area (Å²) in [5.41, 5.74) is -0.507. The first-order chi connectivity index (χ1) is 15.2. The molecule has 1 aliphatic carbocycles. The van der Waals surface area contributed by atoms with Crippen LogP contribution in [0.5, 0.6) is 0 Å². The number of alkyl halides is 3. The first-order valence-electron chi connectivity index (χ1n) is 11.6. The van der Waals surface area contributed by atoms with Gasteiger partial charge in [-0.1, -0.05) is 26.7 Å². The Morgan fingerprint density at radius 1 is 1.03 bits per heavy atom. The minimum Gasteiger partial charge on any atom is -0.355 e. The van der Waals surface area contributed by atoms with Crippen LogP contribution >= 0.6 is 0 Å². The number of halogens is 3. The molecule has 1 N–H and O–H groups in total. The number of amides is 2. The molecule has 1 heterocycles. The summed E-state index contributed by atoms with van der Waals surface area (Å²) in [6, 6.07) is 4.19. The second-order valence-electron chi connectivity index (χ2n) is 9.37. The highest BCUT2D eigenvalue weighted by Gasteiger charge is 2.37. The van der Waals surface area contributed by atoms with Gasteiger partial charge < -0.3 is 10.2 Å². The van der Waals surface area contributed by atoms with E-state index in [0.717, 1.165) is 44.2 Å². The van der Waals surface area contributed by atoms with Gasteiger partial charge >= 0.3 is 6.18 Å². The van der Waals surface area contributed by atoms with E-state index < -0.39 is 11.7 Å². The summed E-state index contributed by atoms with van der Waals surface area (Å²) in [6.07, 6.45) is 0.913. The molecule has 1 aromatic carbocycles. The molecule has 2 amide bonds. The van der Waals surface area contributed by atoms with Gasteiger partial charge in [0.25, 0.3) is 5.91 Å². The fourth-order valence-electron chi connectivity index (χ4n) is 4.73. The van der Waals surface area contributed by atoms with Crippen molar-refractivity contribution in [3.05, 3.63) is 35.4 Å². The summed E-state index contributed by atoms with van der Waals surface area (Å²) in [7, 11) is 0. The zero-order valence-corrected chi connectivity index (χ0v) is 19.0. The molecular formula is C24H34F3N3O2. The lowest BCUT2D eigenvalue weighted by molar-refractivity contribution is -0.137. The van der Waals surface area contributed by atoms with Crippen LogP contribution in [0, 0.1) is 11.8 Å². The molecule has 1 atom stereocenters. The zero-order chi connectivity index (χ0) is 23.3. The maximum atomic E-state index is 13.0. The summed E-state index contributed by atoms with van der Waals surface area (Å²) in [6.45, 7) is 7.04. The average molecular weight is 454 g/mol. The third-order valence-corrected chi connectivity index (χ3v) is 6.59. The molecule has 2 fully saturated rings. The number of benzene rings is 1. The Labute approximate surface area is 188 Å². The van der Waals surface area contributed by atoms with E-state index in [0.29, 0.717) is 44.6 Å². The molecule has 8 heteroatoms. The summed E-state index contributed by atoms with van der Waals surface area (Å²) in [5.74, 6) is 0.684. The summed E-state index contributed by atoms with van der Waals surface area (Å²) in [5, 5.41) is 3.11. The maximum Gasteiger partial charge on any atom is 0.416 e. The SMILES string of the molecule is CC(C)CCNC(=O)[C@@H](C1CCCC1)N1CCN(C(=O)c2ccc(C(F)(F)F)cc2)CC1. The Hall–Kier alpha value is -2.09. The predicted molar refractivity (Wildman–Crippen MR) is 117 cm³/mol. The number of rotatable bonds is 7. The molecule has 1 saturated heterocycles. The van der Waals surface area contributed by atoms with Crippen LogP contribution < -0.4 is 5.32 Å². The van der Waals surface area contributed by atoms with Crippen LogP contribution in [0.4, 0.5) is 13.2 Å². The zero-order valence-electron chi connectivity index (χ0n) is 19.0. The number of piperazine rings is 1. The Bertz CT molecular complexity index is 766. The quantitative estimate of drug-likeness (QED) is 0.674. The smallest absolute Gasteiger partial charge is 0.355 e. The predicted octanol–water partition coefficient (Wildman–Crippen LogP) is 4.18. The fraction of sp³-hybridized carbons (Fsp3) is 0.667. The Morgan fingerprint density at radius 3 is 2.16 bits per heavy atom. The van der Waals surface area contributed by atoms with Crippen molar-refractivity contribution < 1.29 is 22.8 Å². The van der Waals surface area contributed by atoms with E-state index >= 15 is 0 Å². The van der Waals surface area contributed by atoms with Gasteiger partial charge in [0.2, 0.25) is 5.91 Å². The normalized spacial score (nSPS) is 19.4. The van der Waals surface area contributed by atoms with Crippen molar-refractivity contribution in [2.45, 2.75) is 58.2 Å². The number of nitrogens with one attached hydrogen (secondary N) is 1. The first-order valence-corrected chi connectivity index (χ1v) is 11.6. The Balaban J connectivity index is 1.60. The summed E-state index contributed by atoms with van der Waals surface area (Å²) < 4.78 is 38.3. The van der Waals surface area contributed by atoms with Gasteiger partial charge in [0.1, 0.15) is 0 Å². The van der Waals surface area contributed by atoms with Crippen LogP contribution in [-0.2, 0) is 11.0 Å². The molecule has 5 nitrogen and oxygen atoms in total. The number of hydrogen-bond donors (Lipinski definition) is 1. The number of carbonyl (C=O) groups is 2. The van der Waals surface area contributed by atoms with Gasteiger partial charge in [-0.05, 0) is 55.4 Å². The molecule has 178 valence electrons. The van der Waals surface area contributed by atoms with Gasteiger partial charge in [-0.2, -0.15) is 13.2 Å². The highest BCUT2D eigenvalue weighted by molar-refractivity contribution is 5.94. The molecular weight excluding hydrogens is 419 g/mol. The molecule has 0 bridgehead atoms. The van der Waals surface area contributed by atoms with Gasteiger partial charge in [0, 0.05) is 38.3 Å². The van der Waals surface area contributed by atoms with Crippen molar-refractivity contribution >= 4 is 11.8 Å². The van der Waals surface area contributed by atoms with E-state index in [1.165, 1.54) is 12.1 Å². The van der Waals surface area contributed by atoms with E-state index in [2.05, 4.69) is 24.1 Å². The van der Waals surface area contributed by atoms with Crippen LogP contribution in [0.15, 0.2) is 24.3 Å². The molecule has 32 heavy (non-hydrogen) atoms. The molecule has 3 rings (SSSR count). The van der Waals surface area contributed by atoms with Crippen LogP contribution in [-0.4, -0.2) is 60.4 Å². The Kier molecular flexibility index (Phi) is 8.20. The standard InChI is InChI=1S/C24H34F3N3O2/c1-17(2)11-12-28-22(31)21(18-5-3-4-6-18)29-13-15-30(16-14-29)23(32)19-7-9-20(10-8-19)24(25,26)27/h7-10,17-18,21H,3-6,11-16H2,1-2H3,(H,28,31)/t21-/m1/s1. The number of hydrogen-bond acceptors (Lipinski definition) is 3. The highest BCUT2D eigenvalue weighted by atomic mass is 19.4. The lowest BCUT2D eigenvalue weighted by Crippen LogP contribution is -2.58. The summed E-state index contributed by atoms with van der Waals surface area (Å²) in [4.78, 5) is 29.7. The van der Waals surface area contributed by atoms with Crippen LogP contribution in [0.2, 0.25) is 0 Å². The molecule has 0 spiro atoms. The van der Waals surface area contributed by atoms with Crippen molar-refractivity contribution in [3.8, 4) is 0 Å². The minimum atomic E-state index is -4.42. The molecule has 1 aromatic rings. The monoisotopic (exact) mass is 453 g/mol. The first kappa shape index (κ1) is 24.6. The second-order valence-corrected chi connectivity index (χ2v) is 9.37. The third kappa shape index (κ3) is 6.24. The van der Waals surface area contributed by atoms with E-state index in [9.17, 15) is 22.8 Å². The number of carbonyl (C=O) groups excluding carboxylic acids is 2. The fourth-order valence-corrected chi connectivity index (χ4v) is 4.73. The van der Waals surface area contributed by atoms with Gasteiger partial charge in [0.05, 0.1) is 11.6 Å². The second kappa shape index (κ2) is 10.7. The molecule has 1 saturated carbocycles. The molecule has 0 aromatic heterocycles. The molecule has 1 aliphatic heterocycles. The van der Waals surface area contributed by atoms with Gasteiger partial charge in [-0.15, -0.1) is 0 Å². The minimum absolute atomic E-state index is 0.0834. The van der Waals surface area contributed by atoms with E-state index in [-0.39, 0.29) is 23.4 Å². The maximum absolute atomic E-state index is 13.0. The lowest BCUT2D eigenvalue weighted by Gasteiger charge is -2.40. The van der Waals surface area contributed by atoms with Crippen molar-refractivity contribution in [1.29, 1.82) is 0 Å². The van der Waals surface area contributed by atoms with Crippen molar-refractivity contribution in [2.75, 3.05) is 32.7 Å². The van der Waals surface area contributed by atoms with Crippen molar-refractivity contribution in [2.24, 2.45) is 11.8 Å². The van der Waals surface area contributed by atoms with Crippen molar-refractivity contribution in [1.82, 2.24) is 15.1 Å². The van der Waals surface area contributed by atoms with Gasteiger partial charge in [0.15, 0.2) is 0 Å². The lowest BCUT2D eigenvalue weighted by atomic mass is 9.94. The molecule has 0 radical (unpaired) electrons. The van der Waals surface area contributed by atoms with Crippen LogP contribution in [0.25, 0.3) is 0 Å². The Morgan fingerprint density at radius 2 is 1.62 bits per heavy atom. The summed E-state index contributed by atoms with van der Waals surface area (Å²) >= 11 is 0. The van der Waals surface area contributed by atoms with E-state index in [4.69, 9.17) is 0 Å². The van der Waals surface area contributed by atoms with Crippen LogP contribution in [0.1, 0.15) is 61.9 Å². The van der Waals surface area contributed by atoms with Gasteiger partial charge in [-0.25, -0.2) is 0 Å². The van der Waals surface area contributed by atoms with E-state index in [1.54, 1.807) is 4.90 Å². The van der Waals surface area contributed by atoms with Crippen LogP contribution in [0.3, 0.4) is 0 Å². The van der Waals surface area contributed by atoms with E-state index in [1.807, 2.05) is 0 Å².